The first-order valence-electron chi connectivity index (χ1n) is 13.7. The highest BCUT2D eigenvalue weighted by Crippen LogP contribution is 2.32. The maximum Gasteiger partial charge on any atom is 0.264 e. The molecule has 42 heavy (non-hydrogen) atoms. The van der Waals surface area contributed by atoms with Crippen molar-refractivity contribution in [3.05, 3.63) is 87.9 Å². The monoisotopic (exact) mass is 633 g/mol. The Labute approximate surface area is 258 Å². The Kier molecular flexibility index (Phi) is 11.7. The maximum absolute atomic E-state index is 14.2. The Morgan fingerprint density at radius 1 is 0.952 bits per heavy atom. The molecule has 1 N–H and O–H groups in total. The van der Waals surface area contributed by atoms with Gasteiger partial charge in [0.1, 0.15) is 18.3 Å². The summed E-state index contributed by atoms with van der Waals surface area (Å²) in [5.74, 6) is -0.509. The molecular formula is C31H37Cl2N3O5S. The van der Waals surface area contributed by atoms with Crippen LogP contribution in [0.1, 0.15) is 44.7 Å². The summed E-state index contributed by atoms with van der Waals surface area (Å²) in [4.78, 5) is 29.0. The van der Waals surface area contributed by atoms with E-state index in [1.807, 2.05) is 27.7 Å². The maximum atomic E-state index is 14.2. The number of sulfonamides is 1. The summed E-state index contributed by atoms with van der Waals surface area (Å²) in [6.07, 6.45) is 1.04. The quantitative estimate of drug-likeness (QED) is 0.241. The normalized spacial score (nSPS) is 12.7. The standard InChI is InChI=1S/C31H37Cl2N3O5S/c1-6-22(4)34-31(38)28(7-2)35(19-23-10-12-24(32)13-11-23)30(37)20-36(25-14-17-29(41-5)27(33)18-25)42(39,40)26-15-8-21(3)9-16-26/h8-18,22,28H,6-7,19-20H2,1-5H3,(H,34,38)/t22-,28+/m0/s1. The van der Waals surface area contributed by atoms with Crippen LogP contribution in [0.25, 0.3) is 0 Å². The van der Waals surface area contributed by atoms with Crippen molar-refractivity contribution in [1.29, 1.82) is 0 Å². The van der Waals surface area contributed by atoms with E-state index in [1.54, 1.807) is 42.5 Å². The van der Waals surface area contributed by atoms with Gasteiger partial charge >= 0.3 is 0 Å². The van der Waals surface area contributed by atoms with Gasteiger partial charge in [-0.1, -0.05) is 66.9 Å². The van der Waals surface area contributed by atoms with Crippen LogP contribution < -0.4 is 14.4 Å². The lowest BCUT2D eigenvalue weighted by atomic mass is 10.1. The second kappa shape index (κ2) is 14.8. The molecule has 0 saturated heterocycles. The van der Waals surface area contributed by atoms with E-state index >= 15 is 0 Å². The van der Waals surface area contributed by atoms with Gasteiger partial charge in [-0.25, -0.2) is 8.42 Å². The summed E-state index contributed by atoms with van der Waals surface area (Å²) in [6, 6.07) is 16.9. The SMILES string of the molecule is CC[C@H](C(=O)N[C@@H](C)CC)N(Cc1ccc(Cl)cc1)C(=O)CN(c1ccc(OC)c(Cl)c1)S(=O)(=O)c1ccc(C)cc1. The minimum absolute atomic E-state index is 0.0126. The molecule has 2 amide bonds. The molecule has 2 atom stereocenters. The zero-order valence-corrected chi connectivity index (χ0v) is 26.8. The molecule has 0 bridgehead atoms. The van der Waals surface area contributed by atoms with Crippen molar-refractivity contribution in [2.45, 2.75) is 64.1 Å². The summed E-state index contributed by atoms with van der Waals surface area (Å²) in [7, 11) is -2.77. The molecule has 3 rings (SSSR count). The lowest BCUT2D eigenvalue weighted by Gasteiger charge is -2.33. The average molecular weight is 635 g/mol. The fraction of sp³-hybridized carbons (Fsp3) is 0.355. The van der Waals surface area contributed by atoms with Crippen LogP contribution in [0.3, 0.4) is 0 Å². The van der Waals surface area contributed by atoms with Crippen LogP contribution in [0, 0.1) is 6.92 Å². The molecule has 0 aliphatic rings. The van der Waals surface area contributed by atoms with Crippen LogP contribution in [0.2, 0.25) is 10.0 Å². The number of ether oxygens (including phenoxy) is 1. The highest BCUT2D eigenvalue weighted by Gasteiger charge is 2.34. The third-order valence-corrected chi connectivity index (χ3v) is 9.30. The Hall–Kier alpha value is -3.27. The Bertz CT molecular complexity index is 1480. The smallest absolute Gasteiger partial charge is 0.264 e. The van der Waals surface area contributed by atoms with Crippen molar-refractivity contribution in [2.24, 2.45) is 0 Å². The van der Waals surface area contributed by atoms with Gasteiger partial charge < -0.3 is 15.0 Å². The van der Waals surface area contributed by atoms with Crippen molar-refractivity contribution in [2.75, 3.05) is 18.0 Å². The van der Waals surface area contributed by atoms with Crippen molar-refractivity contribution >= 4 is 50.7 Å². The van der Waals surface area contributed by atoms with E-state index in [1.165, 1.54) is 36.3 Å². The molecule has 0 saturated carbocycles. The molecule has 0 aliphatic heterocycles. The third kappa shape index (κ3) is 8.18. The van der Waals surface area contributed by atoms with E-state index in [2.05, 4.69) is 5.32 Å². The van der Waals surface area contributed by atoms with Crippen LogP contribution in [0.5, 0.6) is 5.75 Å². The number of benzene rings is 3. The first-order chi connectivity index (χ1) is 19.9. The number of hydrogen-bond acceptors (Lipinski definition) is 5. The molecule has 3 aromatic carbocycles. The summed E-state index contributed by atoms with van der Waals surface area (Å²) in [5, 5.41) is 3.68. The van der Waals surface area contributed by atoms with E-state index in [4.69, 9.17) is 27.9 Å². The fourth-order valence-corrected chi connectivity index (χ4v) is 6.11. The molecule has 226 valence electrons. The Morgan fingerprint density at radius 2 is 1.60 bits per heavy atom. The number of nitrogens with zero attached hydrogens (tertiary/aromatic N) is 2. The van der Waals surface area contributed by atoms with Crippen LogP contribution in [0.4, 0.5) is 5.69 Å². The number of carbonyl (C=O) groups excluding carboxylic acids is 2. The molecule has 0 aromatic heterocycles. The molecular weight excluding hydrogens is 597 g/mol. The highest BCUT2D eigenvalue weighted by molar-refractivity contribution is 7.92. The van der Waals surface area contributed by atoms with E-state index in [9.17, 15) is 18.0 Å². The molecule has 0 fully saturated rings. The Morgan fingerprint density at radius 3 is 2.14 bits per heavy atom. The molecule has 0 radical (unpaired) electrons. The number of nitrogens with one attached hydrogen (secondary N) is 1. The van der Waals surface area contributed by atoms with Crippen molar-refractivity contribution < 1.29 is 22.7 Å². The van der Waals surface area contributed by atoms with Crippen molar-refractivity contribution in [3.63, 3.8) is 0 Å². The zero-order chi connectivity index (χ0) is 31.0. The number of amides is 2. The zero-order valence-electron chi connectivity index (χ0n) is 24.4. The van der Waals surface area contributed by atoms with Crippen LogP contribution in [-0.4, -0.2) is 50.9 Å². The molecule has 0 aliphatic carbocycles. The van der Waals surface area contributed by atoms with Gasteiger partial charge in [-0.05, 0) is 74.7 Å². The lowest BCUT2D eigenvalue weighted by Crippen LogP contribution is -2.53. The predicted molar refractivity (Wildman–Crippen MR) is 168 cm³/mol. The number of methoxy groups -OCH3 is 1. The number of halogens is 2. The third-order valence-electron chi connectivity index (χ3n) is 6.96. The van der Waals surface area contributed by atoms with Gasteiger partial charge in [0, 0.05) is 17.6 Å². The summed E-state index contributed by atoms with van der Waals surface area (Å²) in [6.45, 7) is 7.01. The predicted octanol–water partition coefficient (Wildman–Crippen LogP) is 6.23. The average Bonchev–Trinajstić information content (AvgIpc) is 2.96. The van der Waals surface area contributed by atoms with Crippen LogP contribution in [0.15, 0.2) is 71.6 Å². The number of aryl methyl sites for hydroxylation is 1. The molecule has 0 unspecified atom stereocenters. The number of rotatable bonds is 13. The van der Waals surface area contributed by atoms with Crippen molar-refractivity contribution in [1.82, 2.24) is 10.2 Å². The van der Waals surface area contributed by atoms with Crippen molar-refractivity contribution in [3.8, 4) is 5.75 Å². The lowest BCUT2D eigenvalue weighted by molar-refractivity contribution is -0.140. The largest absolute Gasteiger partial charge is 0.495 e. The topological polar surface area (TPSA) is 96.0 Å². The van der Waals surface area contributed by atoms with Crippen LogP contribution in [-0.2, 0) is 26.2 Å². The minimum atomic E-state index is -4.22. The van der Waals surface area contributed by atoms with Gasteiger partial charge in [-0.3, -0.25) is 13.9 Å². The van der Waals surface area contributed by atoms with Crippen LogP contribution >= 0.6 is 23.2 Å². The van der Waals surface area contributed by atoms with Gasteiger partial charge in [0.25, 0.3) is 10.0 Å². The van der Waals surface area contributed by atoms with Gasteiger partial charge in [0.2, 0.25) is 11.8 Å². The number of hydrogen-bond donors (Lipinski definition) is 1. The fourth-order valence-electron chi connectivity index (χ4n) is 4.32. The first-order valence-corrected chi connectivity index (χ1v) is 15.9. The summed E-state index contributed by atoms with van der Waals surface area (Å²) < 4.78 is 34.3. The van der Waals surface area contributed by atoms with Gasteiger partial charge in [-0.15, -0.1) is 0 Å². The molecule has 11 heteroatoms. The molecule has 3 aromatic rings. The van der Waals surface area contributed by atoms with Gasteiger partial charge in [0.15, 0.2) is 0 Å². The second-order valence-electron chi connectivity index (χ2n) is 10.0. The highest BCUT2D eigenvalue weighted by atomic mass is 35.5. The molecule has 8 nitrogen and oxygen atoms in total. The first kappa shape index (κ1) is 33.2. The summed E-state index contributed by atoms with van der Waals surface area (Å²) >= 11 is 12.5. The van der Waals surface area contributed by atoms with Gasteiger partial charge in [-0.2, -0.15) is 0 Å². The minimum Gasteiger partial charge on any atom is -0.495 e. The summed E-state index contributed by atoms with van der Waals surface area (Å²) in [5.41, 5.74) is 1.80. The van der Waals surface area contributed by atoms with E-state index in [0.29, 0.717) is 23.6 Å². The number of carbonyl (C=O) groups is 2. The molecule has 0 spiro atoms. The second-order valence-corrected chi connectivity index (χ2v) is 12.7. The van der Waals surface area contributed by atoms with E-state index in [-0.39, 0.29) is 34.1 Å². The van der Waals surface area contributed by atoms with Gasteiger partial charge in [0.05, 0.1) is 22.7 Å². The van der Waals surface area contributed by atoms with E-state index in [0.717, 1.165) is 15.4 Å². The number of anilines is 1. The molecule has 0 heterocycles. The van der Waals surface area contributed by atoms with E-state index < -0.39 is 28.5 Å². The Balaban J connectivity index is 2.09.